The Hall–Kier alpha value is -7.89. The van der Waals surface area contributed by atoms with Gasteiger partial charge in [0, 0.05) is 56.7 Å². The molecule has 0 aliphatic carbocycles. The van der Waals surface area contributed by atoms with Gasteiger partial charge in [0.05, 0.1) is 22.4 Å². The second-order valence-corrected chi connectivity index (χ2v) is 24.7. The van der Waals surface area contributed by atoms with Crippen LogP contribution in [0.5, 0.6) is 11.5 Å². The van der Waals surface area contributed by atoms with Crippen molar-refractivity contribution >= 4 is 44.6 Å². The second kappa shape index (κ2) is 18.7. The van der Waals surface area contributed by atoms with Gasteiger partial charge in [-0.3, -0.25) is 4.57 Å². The average Bonchev–Trinajstić information content (AvgIpc) is 4.00. The summed E-state index contributed by atoms with van der Waals surface area (Å²) in [4.78, 5) is 10.0. The first-order chi connectivity index (χ1) is 36.2. The van der Waals surface area contributed by atoms with Crippen molar-refractivity contribution in [3.63, 3.8) is 0 Å². The Balaban J connectivity index is 1.07. The number of pyridine rings is 1. The van der Waals surface area contributed by atoms with Gasteiger partial charge in [-0.25, -0.2) is 4.98 Å². The van der Waals surface area contributed by atoms with Gasteiger partial charge >= 0.3 is 0 Å². The Bertz CT molecular complexity index is 3690. The first-order valence-electron chi connectivity index (χ1n) is 27.0. The van der Waals surface area contributed by atoms with E-state index in [0.717, 1.165) is 56.5 Å². The largest absolute Gasteiger partial charge is 0.457 e. The van der Waals surface area contributed by atoms with E-state index in [2.05, 4.69) is 298 Å². The van der Waals surface area contributed by atoms with Crippen molar-refractivity contribution in [2.75, 3.05) is 16.5 Å². The summed E-state index contributed by atoms with van der Waals surface area (Å²) in [5.41, 5.74) is 15.8. The van der Waals surface area contributed by atoms with Crippen LogP contribution < -0.4 is 14.5 Å². The molecule has 0 spiro atoms. The second-order valence-electron chi connectivity index (χ2n) is 24.7. The molecule has 8 aromatic carbocycles. The summed E-state index contributed by atoms with van der Waals surface area (Å²) >= 11 is 0. The average molecular weight is 997 g/mol. The van der Waals surface area contributed by atoms with Gasteiger partial charge in [-0.2, -0.15) is 0 Å². The lowest BCUT2D eigenvalue weighted by atomic mass is 9.73. The normalized spacial score (nSPS) is 13.4. The molecule has 3 heterocycles. The van der Waals surface area contributed by atoms with E-state index in [1.54, 1.807) is 0 Å². The molecule has 0 amide bonds. The molecule has 10 aromatic rings. The summed E-state index contributed by atoms with van der Waals surface area (Å²) in [5.74, 6) is 2.45. The fourth-order valence-electron chi connectivity index (χ4n) is 11.3. The highest BCUT2D eigenvalue weighted by Crippen LogP contribution is 2.50. The molecule has 1 aliphatic heterocycles. The first kappa shape index (κ1) is 50.3. The zero-order chi connectivity index (χ0) is 53.4. The molecule has 1 aliphatic rings. The van der Waals surface area contributed by atoms with Crippen molar-refractivity contribution in [1.82, 2.24) is 9.55 Å². The van der Waals surface area contributed by atoms with E-state index in [-0.39, 0.29) is 27.1 Å². The summed E-state index contributed by atoms with van der Waals surface area (Å²) in [6.45, 7) is 28.4. The molecule has 0 N–H and O–H groups in total. The first-order valence-corrected chi connectivity index (χ1v) is 27.0. The molecule has 2 aromatic heterocycles. The molecule has 0 fully saturated rings. The zero-order valence-corrected chi connectivity index (χ0v) is 46.5. The van der Waals surface area contributed by atoms with Gasteiger partial charge in [-0.15, -0.1) is 0 Å². The lowest BCUT2D eigenvalue weighted by molar-refractivity contribution is 0.479. The van der Waals surface area contributed by atoms with Crippen LogP contribution >= 0.6 is 0 Å². The molecule has 0 bridgehead atoms. The third-order valence-corrected chi connectivity index (χ3v) is 16.5. The summed E-state index contributed by atoms with van der Waals surface area (Å²) in [5, 5.41) is 2.34. The van der Waals surface area contributed by atoms with Crippen LogP contribution in [0.2, 0.25) is 0 Å². The number of anilines is 4. The molecule has 5 nitrogen and oxygen atoms in total. The van der Waals surface area contributed by atoms with Crippen LogP contribution in [0.15, 0.2) is 206 Å². The lowest BCUT2D eigenvalue weighted by Crippen LogP contribution is -2.27. The fraction of sp³-hybridized carbons (Fsp3) is 0.254. The Labute approximate surface area is 451 Å². The zero-order valence-electron chi connectivity index (χ0n) is 46.5. The standard InChI is InChI=1S/C71H72N4O/c1-67(2,3)51-36-37-72-66(44-51)75-62-31-23-22-30-60(62)61-34-33-58(46-64(61)75)76-59-42-53(68(4,5)6)39-57(45-59)74-47-73(63-35-32-52(43-65(63)74)69(7,8)48-24-16-13-17-25-48)56-40-54(70(9,10)49-26-18-14-19-27-49)38-55(41-56)71(11,12)50-28-20-15-21-29-50/h13-46H,47H2,1-12H3. The maximum Gasteiger partial charge on any atom is 0.137 e. The van der Waals surface area contributed by atoms with Crippen molar-refractivity contribution in [2.45, 2.75) is 110 Å². The predicted molar refractivity (Wildman–Crippen MR) is 320 cm³/mol. The topological polar surface area (TPSA) is 33.5 Å². The molecule has 0 saturated heterocycles. The molecule has 0 atom stereocenters. The fourth-order valence-corrected chi connectivity index (χ4v) is 11.3. The molecule has 5 heteroatoms. The van der Waals surface area contributed by atoms with Gasteiger partial charge in [-0.1, -0.05) is 204 Å². The number of hydrogen-bond acceptors (Lipinski definition) is 4. The van der Waals surface area contributed by atoms with Gasteiger partial charge in [0.25, 0.3) is 0 Å². The van der Waals surface area contributed by atoms with Crippen LogP contribution in [0.25, 0.3) is 27.6 Å². The van der Waals surface area contributed by atoms with E-state index >= 15 is 0 Å². The Morgan fingerprint density at radius 2 is 0.868 bits per heavy atom. The van der Waals surface area contributed by atoms with E-state index in [4.69, 9.17) is 9.72 Å². The molecule has 382 valence electrons. The van der Waals surface area contributed by atoms with E-state index in [1.807, 2.05) is 6.20 Å². The lowest BCUT2D eigenvalue weighted by Gasteiger charge is -2.33. The number of rotatable bonds is 11. The van der Waals surface area contributed by atoms with Crippen LogP contribution in [0.3, 0.4) is 0 Å². The highest BCUT2D eigenvalue weighted by Gasteiger charge is 2.36. The van der Waals surface area contributed by atoms with Crippen LogP contribution in [0.4, 0.5) is 22.7 Å². The minimum atomic E-state index is -0.276. The molecule has 0 radical (unpaired) electrons. The van der Waals surface area contributed by atoms with E-state index < -0.39 is 0 Å². The number of nitrogens with zero attached hydrogens (tertiary/aromatic N) is 4. The number of hydrogen-bond donors (Lipinski definition) is 0. The number of aromatic nitrogens is 2. The molecular formula is C71H72N4O. The molecule has 76 heavy (non-hydrogen) atoms. The van der Waals surface area contributed by atoms with Crippen molar-refractivity contribution in [2.24, 2.45) is 0 Å². The summed E-state index contributed by atoms with van der Waals surface area (Å²) in [6, 6.07) is 73.6. The highest BCUT2D eigenvalue weighted by molar-refractivity contribution is 6.09. The van der Waals surface area contributed by atoms with Gasteiger partial charge < -0.3 is 14.5 Å². The monoisotopic (exact) mass is 997 g/mol. The van der Waals surface area contributed by atoms with Crippen molar-refractivity contribution < 1.29 is 4.74 Å². The van der Waals surface area contributed by atoms with Gasteiger partial charge in [-0.05, 0) is 122 Å². The van der Waals surface area contributed by atoms with E-state index in [9.17, 15) is 0 Å². The summed E-state index contributed by atoms with van der Waals surface area (Å²) < 4.78 is 9.43. The van der Waals surface area contributed by atoms with Crippen LogP contribution in [0.1, 0.15) is 128 Å². The van der Waals surface area contributed by atoms with Crippen molar-refractivity contribution in [3.8, 4) is 17.3 Å². The summed E-state index contributed by atoms with van der Waals surface area (Å²) in [6.07, 6.45) is 1.94. The maximum absolute atomic E-state index is 7.14. The van der Waals surface area contributed by atoms with Crippen LogP contribution in [-0.2, 0) is 27.1 Å². The molecule has 0 saturated carbocycles. The third kappa shape index (κ3) is 9.14. The molecule has 0 unspecified atom stereocenters. The molecular weight excluding hydrogens is 925 g/mol. The number of ether oxygens (including phenoxy) is 1. The minimum Gasteiger partial charge on any atom is -0.457 e. The SMILES string of the molecule is CC(C)(C)c1cc(Oc2ccc3c4ccccc4n(-c4cc(C(C)(C)C)ccn4)c3c2)cc(N2CN(c3cc(C(C)(C)c4ccccc4)cc(C(C)(C)c4ccccc4)c3)c3ccc(C(C)(C)c4ccccc4)cc32)c1. The third-order valence-electron chi connectivity index (χ3n) is 16.5. The van der Waals surface area contributed by atoms with Crippen molar-refractivity contribution in [1.29, 1.82) is 0 Å². The van der Waals surface area contributed by atoms with E-state index in [1.165, 1.54) is 49.9 Å². The maximum atomic E-state index is 7.14. The molecule has 11 rings (SSSR count). The Kier molecular flexibility index (Phi) is 12.4. The smallest absolute Gasteiger partial charge is 0.137 e. The highest BCUT2D eigenvalue weighted by atomic mass is 16.5. The number of benzene rings is 8. The van der Waals surface area contributed by atoms with Crippen LogP contribution in [-0.4, -0.2) is 16.2 Å². The Morgan fingerprint density at radius 3 is 1.46 bits per heavy atom. The van der Waals surface area contributed by atoms with Crippen LogP contribution in [0, 0.1) is 0 Å². The van der Waals surface area contributed by atoms with E-state index in [0.29, 0.717) is 6.67 Å². The number of para-hydroxylation sites is 1. The summed E-state index contributed by atoms with van der Waals surface area (Å²) in [7, 11) is 0. The predicted octanol–water partition coefficient (Wildman–Crippen LogP) is 18.8. The van der Waals surface area contributed by atoms with Gasteiger partial charge in [0.2, 0.25) is 0 Å². The minimum absolute atomic E-state index is 0.0292. The Morgan fingerprint density at radius 1 is 0.355 bits per heavy atom. The number of fused-ring (bicyclic) bond motifs is 4. The van der Waals surface area contributed by atoms with Crippen molar-refractivity contribution in [3.05, 3.63) is 251 Å². The van der Waals surface area contributed by atoms with Gasteiger partial charge in [0.15, 0.2) is 0 Å². The quantitative estimate of drug-likeness (QED) is 0.129. The van der Waals surface area contributed by atoms with Gasteiger partial charge in [0.1, 0.15) is 24.0 Å².